The number of rotatable bonds is 9. The highest BCUT2D eigenvalue weighted by molar-refractivity contribution is 5.97. The molecule has 1 unspecified atom stereocenters. The van der Waals surface area contributed by atoms with Crippen LogP contribution in [0.2, 0.25) is 0 Å². The Morgan fingerprint density at radius 1 is 1.10 bits per heavy atom. The van der Waals surface area contributed by atoms with Crippen molar-refractivity contribution in [1.82, 2.24) is 0 Å². The Hall–Kier alpha value is -2.50. The van der Waals surface area contributed by atoms with Crippen LogP contribution in [0, 0.1) is 0 Å². The number of ketones is 1. The zero-order valence-corrected chi connectivity index (χ0v) is 16.9. The van der Waals surface area contributed by atoms with E-state index in [4.69, 9.17) is 14.2 Å². The van der Waals surface area contributed by atoms with Crippen LogP contribution in [0.25, 0.3) is 0 Å². The van der Waals surface area contributed by atoms with Gasteiger partial charge in [0.25, 0.3) is 0 Å². The molecule has 1 aliphatic heterocycles. The molecule has 0 radical (unpaired) electrons. The predicted octanol–water partition coefficient (Wildman–Crippen LogP) is 4.72. The minimum atomic E-state index is -0.348. The third-order valence-electron chi connectivity index (χ3n) is 4.96. The minimum Gasteiger partial charge on any atom is -0.462 e. The van der Waals surface area contributed by atoms with Crippen LogP contribution >= 0.6 is 0 Å². The van der Waals surface area contributed by atoms with Gasteiger partial charge in [-0.25, -0.2) is 4.79 Å². The van der Waals surface area contributed by atoms with Gasteiger partial charge in [-0.3, -0.25) is 4.79 Å². The van der Waals surface area contributed by atoms with E-state index in [1.54, 1.807) is 19.1 Å². The van der Waals surface area contributed by atoms with E-state index in [0.29, 0.717) is 37.2 Å². The predicted molar refractivity (Wildman–Crippen MR) is 110 cm³/mol. The van der Waals surface area contributed by atoms with E-state index in [1.165, 1.54) is 0 Å². The highest BCUT2D eigenvalue weighted by atomic mass is 16.7. The van der Waals surface area contributed by atoms with Crippen LogP contribution in [0.15, 0.2) is 48.5 Å². The SMILES string of the molecule is CCOC(=O)c1ccccc1CCC(=O)c1cccc(COC2CCCCO2)c1. The average Bonchev–Trinajstić information content (AvgIpc) is 2.77. The van der Waals surface area contributed by atoms with Crippen LogP contribution in [0.3, 0.4) is 0 Å². The fraction of sp³-hybridized carbons (Fsp3) is 0.417. The molecule has 1 fully saturated rings. The molecule has 1 atom stereocenters. The van der Waals surface area contributed by atoms with Gasteiger partial charge >= 0.3 is 5.97 Å². The summed E-state index contributed by atoms with van der Waals surface area (Å²) in [4.78, 5) is 24.8. The van der Waals surface area contributed by atoms with Crippen LogP contribution in [0.1, 0.15) is 64.4 Å². The topological polar surface area (TPSA) is 61.8 Å². The van der Waals surface area contributed by atoms with Gasteiger partial charge in [0.2, 0.25) is 0 Å². The summed E-state index contributed by atoms with van der Waals surface area (Å²) in [5.41, 5.74) is 2.96. The Morgan fingerprint density at radius 3 is 2.76 bits per heavy atom. The Bertz CT molecular complexity index is 824. The van der Waals surface area contributed by atoms with Gasteiger partial charge in [0.1, 0.15) is 0 Å². The molecule has 1 aliphatic rings. The number of hydrogen-bond acceptors (Lipinski definition) is 5. The second kappa shape index (κ2) is 10.9. The van der Waals surface area contributed by atoms with E-state index >= 15 is 0 Å². The first-order valence-electron chi connectivity index (χ1n) is 10.3. The summed E-state index contributed by atoms with van der Waals surface area (Å²) in [6.45, 7) is 3.28. The lowest BCUT2D eigenvalue weighted by molar-refractivity contribution is -0.168. The smallest absolute Gasteiger partial charge is 0.338 e. The van der Waals surface area contributed by atoms with Gasteiger partial charge in [-0.15, -0.1) is 0 Å². The molecule has 0 N–H and O–H groups in total. The molecule has 0 amide bonds. The molecule has 1 saturated heterocycles. The fourth-order valence-electron chi connectivity index (χ4n) is 3.41. The number of carbonyl (C=O) groups is 2. The fourth-order valence-corrected chi connectivity index (χ4v) is 3.41. The Kier molecular flexibility index (Phi) is 7.96. The molecular weight excluding hydrogens is 368 g/mol. The minimum absolute atomic E-state index is 0.0411. The molecule has 3 rings (SSSR count). The van der Waals surface area contributed by atoms with Crippen LogP contribution in [0.4, 0.5) is 0 Å². The lowest BCUT2D eigenvalue weighted by Gasteiger charge is -2.22. The molecule has 2 aromatic rings. The second-order valence-electron chi connectivity index (χ2n) is 7.11. The number of ether oxygens (including phenoxy) is 3. The number of carbonyl (C=O) groups excluding carboxylic acids is 2. The number of aryl methyl sites for hydroxylation is 1. The van der Waals surface area contributed by atoms with Crippen LogP contribution in [0.5, 0.6) is 0 Å². The molecule has 29 heavy (non-hydrogen) atoms. The van der Waals surface area contributed by atoms with Crippen molar-refractivity contribution in [3.8, 4) is 0 Å². The summed E-state index contributed by atoms with van der Waals surface area (Å²) in [7, 11) is 0. The normalized spacial score (nSPS) is 16.4. The van der Waals surface area contributed by atoms with Crippen molar-refractivity contribution in [1.29, 1.82) is 0 Å². The van der Waals surface area contributed by atoms with Gasteiger partial charge in [0.05, 0.1) is 18.8 Å². The summed E-state index contributed by atoms with van der Waals surface area (Å²) in [6.07, 6.45) is 3.79. The van der Waals surface area contributed by atoms with E-state index in [1.807, 2.05) is 36.4 Å². The van der Waals surface area contributed by atoms with Crippen molar-refractivity contribution in [3.63, 3.8) is 0 Å². The number of hydrogen-bond donors (Lipinski definition) is 0. The molecule has 0 aromatic heterocycles. The van der Waals surface area contributed by atoms with Crippen molar-refractivity contribution < 1.29 is 23.8 Å². The highest BCUT2D eigenvalue weighted by Gasteiger charge is 2.16. The van der Waals surface area contributed by atoms with E-state index < -0.39 is 0 Å². The molecule has 0 bridgehead atoms. The Morgan fingerprint density at radius 2 is 1.97 bits per heavy atom. The van der Waals surface area contributed by atoms with Gasteiger partial charge in [-0.2, -0.15) is 0 Å². The molecule has 0 spiro atoms. The van der Waals surface area contributed by atoms with E-state index in [2.05, 4.69) is 0 Å². The maximum atomic E-state index is 12.7. The Balaban J connectivity index is 1.58. The quantitative estimate of drug-likeness (QED) is 0.453. The maximum absolute atomic E-state index is 12.7. The third kappa shape index (κ3) is 6.24. The van der Waals surface area contributed by atoms with E-state index in [0.717, 1.165) is 37.0 Å². The van der Waals surface area contributed by atoms with E-state index in [9.17, 15) is 9.59 Å². The zero-order valence-electron chi connectivity index (χ0n) is 16.9. The second-order valence-corrected chi connectivity index (χ2v) is 7.11. The molecule has 154 valence electrons. The third-order valence-corrected chi connectivity index (χ3v) is 4.96. The van der Waals surface area contributed by atoms with Crippen molar-refractivity contribution in [2.24, 2.45) is 0 Å². The lowest BCUT2D eigenvalue weighted by atomic mass is 9.98. The van der Waals surface area contributed by atoms with E-state index in [-0.39, 0.29) is 18.0 Å². The summed E-state index contributed by atoms with van der Waals surface area (Å²) in [6, 6.07) is 14.8. The van der Waals surface area contributed by atoms with Gasteiger partial charge in [0.15, 0.2) is 12.1 Å². The first kappa shape index (κ1) is 21.2. The van der Waals surface area contributed by atoms with Crippen molar-refractivity contribution in [2.75, 3.05) is 13.2 Å². The zero-order chi connectivity index (χ0) is 20.5. The van der Waals surface area contributed by atoms with Crippen LogP contribution in [-0.2, 0) is 27.2 Å². The monoisotopic (exact) mass is 396 g/mol. The molecule has 0 aliphatic carbocycles. The van der Waals surface area contributed by atoms with Gasteiger partial charge in [-0.05, 0) is 55.9 Å². The molecule has 5 heteroatoms. The molecule has 2 aromatic carbocycles. The highest BCUT2D eigenvalue weighted by Crippen LogP contribution is 2.18. The van der Waals surface area contributed by atoms with Crippen LogP contribution in [-0.4, -0.2) is 31.3 Å². The molecule has 5 nitrogen and oxygen atoms in total. The summed E-state index contributed by atoms with van der Waals surface area (Å²) >= 11 is 0. The summed E-state index contributed by atoms with van der Waals surface area (Å²) in [5, 5.41) is 0. The number of Topliss-reactive ketones (excluding diaryl/α,β-unsaturated/α-hetero) is 1. The molecule has 0 saturated carbocycles. The van der Waals surface area contributed by atoms with Gasteiger partial charge in [-0.1, -0.05) is 36.4 Å². The standard InChI is InChI=1S/C24H28O5/c1-2-27-24(26)21-11-4-3-9-19(21)13-14-22(25)20-10-7-8-18(16-20)17-29-23-12-5-6-15-28-23/h3-4,7-11,16,23H,2,5-6,12-15,17H2,1H3. The number of esters is 1. The summed E-state index contributed by atoms with van der Waals surface area (Å²) in [5.74, 6) is -0.306. The molecule has 1 heterocycles. The van der Waals surface area contributed by atoms with Crippen molar-refractivity contribution in [2.45, 2.75) is 51.9 Å². The van der Waals surface area contributed by atoms with Crippen molar-refractivity contribution >= 4 is 11.8 Å². The van der Waals surface area contributed by atoms with Gasteiger partial charge < -0.3 is 14.2 Å². The molecular formula is C24H28O5. The average molecular weight is 396 g/mol. The maximum Gasteiger partial charge on any atom is 0.338 e. The first-order chi connectivity index (χ1) is 14.2. The largest absolute Gasteiger partial charge is 0.462 e. The van der Waals surface area contributed by atoms with Gasteiger partial charge in [0, 0.05) is 18.6 Å². The Labute approximate surface area is 172 Å². The summed E-state index contributed by atoms with van der Waals surface area (Å²) < 4.78 is 16.5. The number of benzene rings is 2. The van der Waals surface area contributed by atoms with Crippen molar-refractivity contribution in [3.05, 3.63) is 70.8 Å². The lowest BCUT2D eigenvalue weighted by Crippen LogP contribution is -2.22. The van der Waals surface area contributed by atoms with Crippen LogP contribution < -0.4 is 0 Å². The first-order valence-corrected chi connectivity index (χ1v) is 10.3.